The van der Waals surface area contributed by atoms with Crippen molar-refractivity contribution in [3.8, 4) is 11.3 Å². The van der Waals surface area contributed by atoms with Crippen molar-refractivity contribution in [2.24, 2.45) is 11.7 Å². The summed E-state index contributed by atoms with van der Waals surface area (Å²) in [6.45, 7) is 3.76. The Labute approximate surface area is 239 Å². The van der Waals surface area contributed by atoms with Gasteiger partial charge in [0.25, 0.3) is 5.56 Å². The molecule has 3 aromatic rings. The third-order valence-electron chi connectivity index (χ3n) is 7.02. The van der Waals surface area contributed by atoms with Crippen LogP contribution in [0.5, 0.6) is 0 Å². The summed E-state index contributed by atoms with van der Waals surface area (Å²) in [7, 11) is 0. The molecule has 0 aliphatic heterocycles. The Morgan fingerprint density at radius 3 is 2.46 bits per heavy atom. The minimum Gasteiger partial charge on any atom is -0.399 e. The lowest BCUT2D eigenvalue weighted by Crippen LogP contribution is -2.35. The fraction of sp³-hybridized carbons (Fsp3) is 0.367. The van der Waals surface area contributed by atoms with E-state index in [-0.39, 0.29) is 42.6 Å². The second-order valence-corrected chi connectivity index (χ2v) is 10.8. The highest BCUT2D eigenvalue weighted by Crippen LogP contribution is 2.29. The average Bonchev–Trinajstić information content (AvgIpc) is 3.42. The molecule has 1 aliphatic carbocycles. The Morgan fingerprint density at radius 2 is 1.80 bits per heavy atom. The van der Waals surface area contributed by atoms with Gasteiger partial charge in [-0.1, -0.05) is 37.1 Å². The third kappa shape index (κ3) is 7.93. The van der Waals surface area contributed by atoms with Crippen molar-refractivity contribution < 1.29 is 9.59 Å². The molecule has 0 spiro atoms. The third-order valence-corrected chi connectivity index (χ3v) is 7.02. The van der Waals surface area contributed by atoms with Gasteiger partial charge in [-0.3, -0.25) is 24.4 Å². The van der Waals surface area contributed by atoms with Gasteiger partial charge in [-0.2, -0.15) is 0 Å². The van der Waals surface area contributed by atoms with E-state index in [9.17, 15) is 14.4 Å². The van der Waals surface area contributed by atoms with Crippen molar-refractivity contribution in [1.29, 1.82) is 5.41 Å². The van der Waals surface area contributed by atoms with E-state index < -0.39 is 5.56 Å². The number of nitrogens with zero attached hydrogens (tertiary/aromatic N) is 2. The van der Waals surface area contributed by atoms with Gasteiger partial charge in [0.2, 0.25) is 11.8 Å². The van der Waals surface area contributed by atoms with Gasteiger partial charge in [0.05, 0.1) is 11.9 Å². The number of hydrogen-bond donors (Lipinski definition) is 6. The minimum atomic E-state index is -0.452. The highest BCUT2D eigenvalue weighted by atomic mass is 16.2. The minimum absolute atomic E-state index is 0.0333. The molecule has 216 valence electrons. The molecular formula is C30H38N8O3. The van der Waals surface area contributed by atoms with Crippen molar-refractivity contribution in [3.63, 3.8) is 0 Å². The number of anilines is 3. The molecule has 41 heavy (non-hydrogen) atoms. The van der Waals surface area contributed by atoms with Gasteiger partial charge in [-0.15, -0.1) is 0 Å². The molecule has 1 saturated carbocycles. The van der Waals surface area contributed by atoms with Gasteiger partial charge in [-0.25, -0.2) is 4.98 Å². The fourth-order valence-corrected chi connectivity index (χ4v) is 5.01. The van der Waals surface area contributed by atoms with Crippen LogP contribution in [-0.2, 0) is 22.7 Å². The Balaban J connectivity index is 1.57. The van der Waals surface area contributed by atoms with E-state index in [2.05, 4.69) is 20.9 Å². The first kappa shape index (κ1) is 29.3. The smallest absolute Gasteiger partial charge is 0.294 e. The van der Waals surface area contributed by atoms with Crippen molar-refractivity contribution in [1.82, 2.24) is 14.9 Å². The molecule has 11 nitrogen and oxygen atoms in total. The summed E-state index contributed by atoms with van der Waals surface area (Å²) < 4.78 is 1.35. The first-order valence-corrected chi connectivity index (χ1v) is 13.9. The monoisotopic (exact) mass is 558 g/mol. The van der Waals surface area contributed by atoms with Gasteiger partial charge in [0.15, 0.2) is 5.82 Å². The summed E-state index contributed by atoms with van der Waals surface area (Å²) in [5, 5.41) is 16.3. The van der Waals surface area contributed by atoms with E-state index in [1.165, 1.54) is 10.8 Å². The van der Waals surface area contributed by atoms with Gasteiger partial charge in [0, 0.05) is 41.5 Å². The first-order valence-electron chi connectivity index (χ1n) is 13.9. The highest BCUT2D eigenvalue weighted by molar-refractivity contribution is 5.95. The largest absolute Gasteiger partial charge is 0.399 e. The normalized spacial score (nSPS) is 13.2. The van der Waals surface area contributed by atoms with Gasteiger partial charge in [-0.05, 0) is 56.4 Å². The lowest BCUT2D eigenvalue weighted by atomic mass is 10.0. The Morgan fingerprint density at radius 1 is 1.10 bits per heavy atom. The molecule has 8 N–H and O–H groups in total. The zero-order chi connectivity index (χ0) is 29.5. The molecule has 0 saturated heterocycles. The number of rotatable bonds is 11. The SMILES string of the molecule is CC(C)Nc1ncc(-c2cc(N)cc(NC(=O)CC3CCCC3)c2)n(CC(=O)NCc2ccc(C(=N)N)cc2)c1=O. The number of nitrogen functional groups attached to an aromatic ring is 2. The topological polar surface area (TPSA) is 181 Å². The van der Waals surface area contributed by atoms with E-state index in [0.717, 1.165) is 31.2 Å². The summed E-state index contributed by atoms with van der Waals surface area (Å²) in [5.41, 5.74) is 14.5. The number of carbonyl (C=O) groups excluding carboxylic acids is 2. The quantitative estimate of drug-likeness (QED) is 0.118. The van der Waals surface area contributed by atoms with Crippen molar-refractivity contribution >= 4 is 34.8 Å². The molecule has 0 bridgehead atoms. The molecule has 1 aliphatic rings. The van der Waals surface area contributed by atoms with Crippen LogP contribution in [0, 0.1) is 11.3 Å². The lowest BCUT2D eigenvalue weighted by Gasteiger charge is -2.17. The molecule has 11 heteroatoms. The second-order valence-electron chi connectivity index (χ2n) is 10.8. The number of nitrogens with two attached hydrogens (primary N) is 2. The molecule has 1 aromatic heterocycles. The molecule has 2 aromatic carbocycles. The van der Waals surface area contributed by atoms with E-state index in [4.69, 9.17) is 16.9 Å². The number of hydrogen-bond acceptors (Lipinski definition) is 7. The highest BCUT2D eigenvalue weighted by Gasteiger charge is 2.20. The molecular weight excluding hydrogens is 520 g/mol. The predicted octanol–water partition coefficient (Wildman–Crippen LogP) is 3.43. The van der Waals surface area contributed by atoms with E-state index in [1.807, 2.05) is 13.8 Å². The number of aromatic nitrogens is 2. The second kappa shape index (κ2) is 13.1. The maximum atomic E-state index is 13.5. The molecule has 1 heterocycles. The predicted molar refractivity (Wildman–Crippen MR) is 162 cm³/mol. The number of nitrogens with one attached hydrogen (secondary N) is 4. The van der Waals surface area contributed by atoms with Crippen LogP contribution < -0.4 is 33.0 Å². The fourth-order valence-electron chi connectivity index (χ4n) is 5.01. The standard InChI is InChI=1S/C30H38N8O3/c1-18(2)36-29-30(41)38(17-27(40)34-15-20-7-9-21(10-8-20)28(32)33)25(16-35-29)22-12-23(31)14-24(13-22)37-26(39)11-19-5-3-4-6-19/h7-10,12-14,16,18-19H,3-6,11,15,17,31H2,1-2H3,(H3,32,33)(H,34,40)(H,35,36)(H,37,39). The van der Waals surface area contributed by atoms with Crippen molar-refractivity contribution in [2.75, 3.05) is 16.4 Å². The molecule has 1 fully saturated rings. The molecule has 0 radical (unpaired) electrons. The van der Waals surface area contributed by atoms with Crippen LogP contribution in [0.2, 0.25) is 0 Å². The molecule has 0 atom stereocenters. The Bertz CT molecular complexity index is 1470. The average molecular weight is 559 g/mol. The van der Waals surface area contributed by atoms with Gasteiger partial charge in [0.1, 0.15) is 12.4 Å². The summed E-state index contributed by atoms with van der Waals surface area (Å²) in [6, 6.07) is 12.0. The zero-order valence-electron chi connectivity index (χ0n) is 23.5. The summed E-state index contributed by atoms with van der Waals surface area (Å²) in [5.74, 6) is 0.0479. The lowest BCUT2D eigenvalue weighted by molar-refractivity contribution is -0.122. The number of amides is 2. The van der Waals surface area contributed by atoms with Crippen LogP contribution in [0.15, 0.2) is 53.5 Å². The van der Waals surface area contributed by atoms with Crippen LogP contribution in [0.1, 0.15) is 57.1 Å². The maximum absolute atomic E-state index is 13.5. The van der Waals surface area contributed by atoms with Crippen molar-refractivity contribution in [3.05, 3.63) is 70.1 Å². The van der Waals surface area contributed by atoms with E-state index in [0.29, 0.717) is 40.5 Å². The van der Waals surface area contributed by atoms with Gasteiger partial charge >= 0.3 is 0 Å². The summed E-state index contributed by atoms with van der Waals surface area (Å²) in [6.07, 6.45) is 6.44. The van der Waals surface area contributed by atoms with Crippen LogP contribution in [0.4, 0.5) is 17.2 Å². The molecule has 4 rings (SSSR count). The number of carbonyl (C=O) groups is 2. The summed E-state index contributed by atoms with van der Waals surface area (Å²) >= 11 is 0. The molecule has 2 amide bonds. The first-order chi connectivity index (χ1) is 19.6. The van der Waals surface area contributed by atoms with Crippen LogP contribution in [0.25, 0.3) is 11.3 Å². The Kier molecular flexibility index (Phi) is 9.38. The zero-order valence-corrected chi connectivity index (χ0v) is 23.5. The van der Waals surface area contributed by atoms with Crippen LogP contribution in [0.3, 0.4) is 0 Å². The summed E-state index contributed by atoms with van der Waals surface area (Å²) in [4.78, 5) is 43.5. The van der Waals surface area contributed by atoms with E-state index in [1.54, 1.807) is 42.5 Å². The number of amidine groups is 1. The van der Waals surface area contributed by atoms with Crippen LogP contribution >= 0.6 is 0 Å². The van der Waals surface area contributed by atoms with Gasteiger partial charge < -0.3 is 27.4 Å². The molecule has 0 unspecified atom stereocenters. The number of benzene rings is 2. The van der Waals surface area contributed by atoms with Crippen molar-refractivity contribution in [2.45, 2.75) is 65.1 Å². The maximum Gasteiger partial charge on any atom is 0.294 e. The van der Waals surface area contributed by atoms with E-state index >= 15 is 0 Å². The Hall–Kier alpha value is -4.67. The van der Waals surface area contributed by atoms with Crippen LogP contribution in [-0.4, -0.2) is 33.2 Å².